The van der Waals surface area contributed by atoms with Crippen molar-refractivity contribution < 1.29 is 10.2 Å². The summed E-state index contributed by atoms with van der Waals surface area (Å²) >= 11 is 0. The van der Waals surface area contributed by atoms with Crippen LogP contribution in [0.25, 0.3) is 0 Å². The van der Waals surface area contributed by atoms with Gasteiger partial charge in [-0.3, -0.25) is 0 Å². The Morgan fingerprint density at radius 2 is 1.56 bits per heavy atom. The van der Waals surface area contributed by atoms with Gasteiger partial charge in [0.25, 0.3) is 0 Å². The molecule has 1 atom stereocenters. The standard InChI is InChI=1S/C23H26N2O2/c1-16(27)23-24-10-11-25(23)14-17-2-6-19(7-3-17)21-12-22(13-21)20-8-4-18(15-26)5-9-20/h2-11,16,21-22,26-27H,12-15H2,1H3/p+1. The van der Waals surface area contributed by atoms with Crippen LogP contribution in [0.1, 0.15) is 65.8 Å². The van der Waals surface area contributed by atoms with Gasteiger partial charge in [0.05, 0.1) is 6.61 Å². The maximum Gasteiger partial charge on any atom is 0.210 e. The molecule has 140 valence electrons. The minimum Gasteiger partial charge on any atom is -0.438 e. The van der Waals surface area contributed by atoms with Crippen LogP contribution in [-0.2, 0) is 13.2 Å². The second-order valence-corrected chi connectivity index (χ2v) is 7.64. The summed E-state index contributed by atoms with van der Waals surface area (Å²) in [6.07, 6.45) is 5.81. The van der Waals surface area contributed by atoms with Gasteiger partial charge in [-0.1, -0.05) is 48.5 Å². The molecular formula is C23H27N2O2+. The molecule has 0 spiro atoms. The van der Waals surface area contributed by atoms with Crippen molar-refractivity contribution in [3.63, 3.8) is 0 Å². The van der Waals surface area contributed by atoms with E-state index in [1.165, 1.54) is 29.5 Å². The van der Waals surface area contributed by atoms with Crippen molar-refractivity contribution in [1.29, 1.82) is 0 Å². The smallest absolute Gasteiger partial charge is 0.210 e. The summed E-state index contributed by atoms with van der Waals surface area (Å²) in [7, 11) is 0. The van der Waals surface area contributed by atoms with Gasteiger partial charge >= 0.3 is 0 Å². The van der Waals surface area contributed by atoms with Crippen LogP contribution in [0.5, 0.6) is 0 Å². The van der Waals surface area contributed by atoms with E-state index in [-0.39, 0.29) is 12.7 Å². The molecule has 0 bridgehead atoms. The number of rotatable bonds is 6. The molecular weight excluding hydrogens is 336 g/mol. The summed E-state index contributed by atoms with van der Waals surface area (Å²) in [6, 6.07) is 17.3. The maximum atomic E-state index is 9.16. The highest BCUT2D eigenvalue weighted by molar-refractivity contribution is 5.32. The van der Waals surface area contributed by atoms with Gasteiger partial charge in [0, 0.05) is 25.9 Å². The van der Waals surface area contributed by atoms with Crippen molar-refractivity contribution in [2.45, 2.75) is 50.9 Å². The molecule has 27 heavy (non-hydrogen) atoms. The monoisotopic (exact) mass is 363 g/mol. The van der Waals surface area contributed by atoms with Crippen molar-refractivity contribution in [1.82, 2.24) is 9.55 Å². The second-order valence-electron chi connectivity index (χ2n) is 7.64. The van der Waals surface area contributed by atoms with Crippen molar-refractivity contribution in [2.24, 2.45) is 0 Å². The lowest BCUT2D eigenvalue weighted by atomic mass is 9.68. The summed E-state index contributed by atoms with van der Waals surface area (Å²) in [5.41, 5.74) is 5.03. The van der Waals surface area contributed by atoms with E-state index in [1.54, 1.807) is 6.20 Å². The molecule has 3 N–H and O–H groups in total. The maximum absolute atomic E-state index is 9.16. The van der Waals surface area contributed by atoms with Crippen LogP contribution in [0.2, 0.25) is 0 Å². The van der Waals surface area contributed by atoms with E-state index in [0.29, 0.717) is 11.8 Å². The number of aliphatic hydroxyl groups excluding tert-OH is 1. The number of hydrogen-bond acceptors (Lipinski definition) is 2. The SMILES string of the molecule is CC([OH2+])c1nccn1Cc1ccc(C2CC(c3ccc(CO)cc3)C2)cc1. The molecule has 4 nitrogen and oxygen atoms in total. The summed E-state index contributed by atoms with van der Waals surface area (Å²) in [5.74, 6) is 2.08. The summed E-state index contributed by atoms with van der Waals surface area (Å²) in [5, 5.41) is 17.0. The van der Waals surface area contributed by atoms with Crippen molar-refractivity contribution >= 4 is 0 Å². The average molecular weight is 363 g/mol. The van der Waals surface area contributed by atoms with Crippen LogP contribution in [0, 0.1) is 0 Å². The molecule has 3 aromatic rings. The molecule has 4 rings (SSSR count). The Morgan fingerprint density at radius 1 is 1.00 bits per heavy atom. The van der Waals surface area contributed by atoms with Gasteiger partial charge in [0.1, 0.15) is 0 Å². The van der Waals surface area contributed by atoms with Gasteiger partial charge in [0.2, 0.25) is 6.10 Å². The zero-order valence-corrected chi connectivity index (χ0v) is 15.7. The highest BCUT2D eigenvalue weighted by atomic mass is 16.3. The van der Waals surface area contributed by atoms with E-state index in [4.69, 9.17) is 10.2 Å². The zero-order chi connectivity index (χ0) is 18.8. The molecule has 0 amide bonds. The molecule has 1 aromatic heterocycles. The van der Waals surface area contributed by atoms with E-state index in [2.05, 4.69) is 45.9 Å². The van der Waals surface area contributed by atoms with E-state index >= 15 is 0 Å². The molecule has 1 saturated carbocycles. The zero-order valence-electron chi connectivity index (χ0n) is 15.7. The third kappa shape index (κ3) is 3.82. The predicted molar refractivity (Wildman–Crippen MR) is 107 cm³/mol. The lowest BCUT2D eigenvalue weighted by molar-refractivity contribution is 0.184. The van der Waals surface area contributed by atoms with Gasteiger partial charge in [-0.25, -0.2) is 4.98 Å². The number of imidazole rings is 1. The van der Waals surface area contributed by atoms with E-state index in [1.807, 2.05) is 25.3 Å². The lowest BCUT2D eigenvalue weighted by Gasteiger charge is -2.36. The number of aromatic nitrogens is 2. The summed E-state index contributed by atoms with van der Waals surface area (Å²) < 4.78 is 2.06. The Morgan fingerprint density at radius 3 is 2.07 bits per heavy atom. The van der Waals surface area contributed by atoms with Crippen LogP contribution in [0.4, 0.5) is 0 Å². The molecule has 1 heterocycles. The fourth-order valence-electron chi connectivity index (χ4n) is 3.98. The normalized spacial score (nSPS) is 20.3. The van der Waals surface area contributed by atoms with E-state index in [9.17, 15) is 0 Å². The average Bonchev–Trinajstić information content (AvgIpc) is 3.11. The number of benzene rings is 2. The van der Waals surface area contributed by atoms with Gasteiger partial charge in [-0.2, -0.15) is 0 Å². The number of hydrogen-bond donors (Lipinski definition) is 1. The van der Waals surface area contributed by atoms with Crippen LogP contribution < -0.4 is 0 Å². The van der Waals surface area contributed by atoms with Crippen molar-refractivity contribution in [3.05, 3.63) is 89.0 Å². The molecule has 4 heteroatoms. The summed E-state index contributed by atoms with van der Waals surface area (Å²) in [4.78, 5) is 4.29. The Bertz CT molecular complexity index is 876. The number of nitrogens with zero attached hydrogens (tertiary/aromatic N) is 2. The van der Waals surface area contributed by atoms with Gasteiger partial charge in [-0.15, -0.1) is 0 Å². The molecule has 1 fully saturated rings. The Labute approximate surface area is 160 Å². The van der Waals surface area contributed by atoms with E-state index < -0.39 is 0 Å². The van der Waals surface area contributed by atoms with Crippen molar-refractivity contribution in [2.75, 3.05) is 0 Å². The first-order valence-corrected chi connectivity index (χ1v) is 9.64. The van der Waals surface area contributed by atoms with Crippen LogP contribution >= 0.6 is 0 Å². The minimum absolute atomic E-state index is 0.112. The fraction of sp³-hybridized carbons (Fsp3) is 0.348. The topological polar surface area (TPSA) is 61.0 Å². The van der Waals surface area contributed by atoms with Gasteiger partial charge < -0.3 is 14.8 Å². The lowest BCUT2D eigenvalue weighted by Crippen LogP contribution is -2.20. The first kappa shape index (κ1) is 18.0. The first-order valence-electron chi connectivity index (χ1n) is 9.64. The fourth-order valence-corrected chi connectivity index (χ4v) is 3.98. The third-order valence-electron chi connectivity index (χ3n) is 5.71. The Balaban J connectivity index is 1.36. The molecule has 1 unspecified atom stereocenters. The largest absolute Gasteiger partial charge is 0.438 e. The predicted octanol–water partition coefficient (Wildman–Crippen LogP) is 3.87. The van der Waals surface area contributed by atoms with Crippen LogP contribution in [0.15, 0.2) is 60.9 Å². The molecule has 2 aromatic carbocycles. The molecule has 1 aliphatic carbocycles. The van der Waals surface area contributed by atoms with Crippen LogP contribution in [0.3, 0.4) is 0 Å². The molecule has 0 radical (unpaired) electrons. The molecule has 0 saturated heterocycles. The molecule has 1 aliphatic rings. The van der Waals surface area contributed by atoms with Crippen molar-refractivity contribution in [3.8, 4) is 0 Å². The third-order valence-corrected chi connectivity index (χ3v) is 5.71. The Hall–Kier alpha value is -2.43. The second kappa shape index (κ2) is 7.67. The minimum atomic E-state index is -0.308. The van der Waals surface area contributed by atoms with Gasteiger partial charge in [-0.05, 0) is 46.9 Å². The highest BCUT2D eigenvalue weighted by Gasteiger charge is 2.31. The van der Waals surface area contributed by atoms with Gasteiger partial charge in [0.15, 0.2) is 5.82 Å². The summed E-state index contributed by atoms with van der Waals surface area (Å²) in [6.45, 7) is 2.73. The molecule has 0 aliphatic heterocycles. The van der Waals surface area contributed by atoms with Crippen LogP contribution in [-0.4, -0.2) is 19.8 Å². The first-order chi connectivity index (χ1) is 13.1. The Kier molecular flexibility index (Phi) is 5.10. The highest BCUT2D eigenvalue weighted by Crippen LogP contribution is 2.47. The quantitative estimate of drug-likeness (QED) is 0.676. The number of aliphatic hydroxyl groups is 1. The van der Waals surface area contributed by atoms with E-state index in [0.717, 1.165) is 17.9 Å².